The van der Waals surface area contributed by atoms with Gasteiger partial charge in [0.15, 0.2) is 11.8 Å². The number of aromatic amines is 4. The van der Waals surface area contributed by atoms with Gasteiger partial charge in [0.2, 0.25) is 0 Å². The van der Waals surface area contributed by atoms with Gasteiger partial charge in [-0.2, -0.15) is 5.10 Å². The number of benzene rings is 4. The Hall–Kier alpha value is -6.09. The molecule has 0 aliphatic carbocycles. The Bertz CT molecular complexity index is 2090. The average molecular weight is 552 g/mol. The predicted molar refractivity (Wildman–Crippen MR) is 169 cm³/mol. The number of rotatable bonds is 4. The maximum Gasteiger partial charge on any atom is 0.198 e. The third-order valence-corrected chi connectivity index (χ3v) is 7.10. The molecular formula is C33H25N7O2. The number of nitrogens with zero attached hydrogens (tertiary/aromatic N) is 3. The zero-order valence-corrected chi connectivity index (χ0v) is 22.2. The first-order chi connectivity index (χ1) is 20.6. The Balaban J connectivity index is 0.000000137. The average Bonchev–Trinajstić information content (AvgIpc) is 3.79. The third kappa shape index (κ3) is 4.75. The maximum atomic E-state index is 10.00. The molecule has 4 aromatic heterocycles. The first-order valence-electron chi connectivity index (χ1n) is 13.3. The van der Waals surface area contributed by atoms with Crippen molar-refractivity contribution in [2.24, 2.45) is 9.98 Å². The first-order valence-corrected chi connectivity index (χ1v) is 13.3. The van der Waals surface area contributed by atoms with Crippen molar-refractivity contribution in [1.29, 1.82) is 0 Å². The van der Waals surface area contributed by atoms with E-state index < -0.39 is 0 Å². The van der Waals surface area contributed by atoms with Crippen LogP contribution in [0.1, 0.15) is 11.1 Å². The molecule has 9 nitrogen and oxygen atoms in total. The summed E-state index contributed by atoms with van der Waals surface area (Å²) in [6.45, 7) is 0. The minimum absolute atomic E-state index is 0.129. The quantitative estimate of drug-likeness (QED) is 0.125. The zero-order chi connectivity index (χ0) is 28.5. The maximum absolute atomic E-state index is 10.00. The Morgan fingerprint density at radius 2 is 1.17 bits per heavy atom. The fraction of sp³-hybridized carbons (Fsp3) is 0. The van der Waals surface area contributed by atoms with E-state index in [4.69, 9.17) is 0 Å². The molecule has 8 aromatic rings. The van der Waals surface area contributed by atoms with E-state index in [0.29, 0.717) is 11.1 Å². The number of aliphatic imine (C=N–C) groups is 2. The Labute approximate surface area is 238 Å². The number of hydrogen-bond acceptors (Lipinski definition) is 5. The summed E-state index contributed by atoms with van der Waals surface area (Å²) < 4.78 is 0. The minimum atomic E-state index is 0.129. The summed E-state index contributed by atoms with van der Waals surface area (Å²) in [5, 5.41) is 30.9. The fourth-order valence-corrected chi connectivity index (χ4v) is 4.97. The van der Waals surface area contributed by atoms with Crippen LogP contribution in [0, 0.1) is 0 Å². The standard InChI is InChI=1S/C17H13N3O.C16H12N4O/c21-17-14(13-3-1-2-4-16(13)20-17)10-19-12-5-6-15-11(9-12)7-8-18-15;21-16-13(12-3-1-2-4-15(12)19-16)9-17-11-5-6-14-10(7-11)8-18-20-14/h1-10,18,20-21H;1-9,19,21H,(H,18,20). The predicted octanol–water partition coefficient (Wildman–Crippen LogP) is 7.61. The number of hydrogen-bond donors (Lipinski definition) is 6. The third-order valence-electron chi connectivity index (χ3n) is 7.10. The van der Waals surface area contributed by atoms with E-state index in [9.17, 15) is 10.2 Å². The summed E-state index contributed by atoms with van der Waals surface area (Å²) in [6, 6.07) is 29.2. The van der Waals surface area contributed by atoms with Gasteiger partial charge in [-0.25, -0.2) is 0 Å². The highest BCUT2D eigenvalue weighted by atomic mass is 16.3. The molecule has 0 aliphatic heterocycles. The first kappa shape index (κ1) is 24.9. The molecule has 8 rings (SSSR count). The van der Waals surface area contributed by atoms with Crippen molar-refractivity contribution in [2.45, 2.75) is 0 Å². The molecule has 0 radical (unpaired) electrons. The highest BCUT2D eigenvalue weighted by Gasteiger charge is 2.09. The lowest BCUT2D eigenvalue weighted by atomic mass is 10.2. The van der Waals surface area contributed by atoms with Crippen LogP contribution < -0.4 is 0 Å². The lowest BCUT2D eigenvalue weighted by Crippen LogP contribution is -1.78. The number of aromatic hydroxyl groups is 2. The molecule has 0 spiro atoms. The molecule has 0 atom stereocenters. The minimum Gasteiger partial charge on any atom is -0.494 e. The molecule has 4 aromatic carbocycles. The van der Waals surface area contributed by atoms with Gasteiger partial charge < -0.3 is 25.2 Å². The van der Waals surface area contributed by atoms with Gasteiger partial charge in [0, 0.05) is 56.7 Å². The number of H-pyrrole nitrogens is 4. The molecule has 0 fully saturated rings. The Morgan fingerprint density at radius 3 is 1.81 bits per heavy atom. The highest BCUT2D eigenvalue weighted by molar-refractivity contribution is 6.03. The molecule has 6 N–H and O–H groups in total. The topological polar surface area (TPSA) is 141 Å². The number of fused-ring (bicyclic) bond motifs is 4. The molecule has 0 amide bonds. The molecule has 9 heteroatoms. The second kappa shape index (κ2) is 10.5. The molecule has 0 aliphatic rings. The van der Waals surface area contributed by atoms with Crippen molar-refractivity contribution in [1.82, 2.24) is 25.1 Å². The SMILES string of the molecule is Oc1[nH]c2ccccc2c1C=Nc1ccc2[nH]ccc2c1.Oc1[nH]c2ccccc2c1C=Nc1ccc2[nH]ncc2c1. The van der Waals surface area contributed by atoms with Crippen LogP contribution in [0.4, 0.5) is 11.4 Å². The number of nitrogens with one attached hydrogen (secondary N) is 4. The van der Waals surface area contributed by atoms with E-state index in [1.165, 1.54) is 0 Å². The lowest BCUT2D eigenvalue weighted by molar-refractivity contribution is 0.457. The summed E-state index contributed by atoms with van der Waals surface area (Å²) in [4.78, 5) is 18.0. The molecule has 0 unspecified atom stereocenters. The molecule has 0 saturated heterocycles. The van der Waals surface area contributed by atoms with Crippen molar-refractivity contribution < 1.29 is 10.2 Å². The van der Waals surface area contributed by atoms with Crippen molar-refractivity contribution >= 4 is 67.4 Å². The Kier molecular flexibility index (Phi) is 6.21. The smallest absolute Gasteiger partial charge is 0.198 e. The molecule has 204 valence electrons. The van der Waals surface area contributed by atoms with Gasteiger partial charge in [0.1, 0.15) is 0 Å². The highest BCUT2D eigenvalue weighted by Crippen LogP contribution is 2.28. The molecular weight excluding hydrogens is 526 g/mol. The van der Waals surface area contributed by atoms with E-state index in [1.807, 2.05) is 97.2 Å². The van der Waals surface area contributed by atoms with Gasteiger partial charge in [-0.05, 0) is 54.6 Å². The van der Waals surface area contributed by atoms with E-state index in [2.05, 4.69) is 35.1 Å². The van der Waals surface area contributed by atoms with Crippen molar-refractivity contribution in [3.8, 4) is 11.8 Å². The van der Waals surface area contributed by atoms with E-state index in [1.54, 1.807) is 18.6 Å². The van der Waals surface area contributed by atoms with Gasteiger partial charge in [-0.1, -0.05) is 36.4 Å². The second-order valence-corrected chi connectivity index (χ2v) is 9.77. The van der Waals surface area contributed by atoms with Crippen LogP contribution in [-0.4, -0.2) is 47.8 Å². The van der Waals surface area contributed by atoms with Crippen LogP contribution in [0.15, 0.2) is 113 Å². The summed E-state index contributed by atoms with van der Waals surface area (Å²) in [7, 11) is 0. The summed E-state index contributed by atoms with van der Waals surface area (Å²) in [5.41, 5.74) is 6.92. The van der Waals surface area contributed by atoms with Gasteiger partial charge in [-0.15, -0.1) is 0 Å². The molecule has 4 heterocycles. The summed E-state index contributed by atoms with van der Waals surface area (Å²) in [5.74, 6) is 0.270. The van der Waals surface area contributed by atoms with Crippen LogP contribution in [0.3, 0.4) is 0 Å². The van der Waals surface area contributed by atoms with Gasteiger partial charge in [-0.3, -0.25) is 15.1 Å². The Morgan fingerprint density at radius 1 is 0.595 bits per heavy atom. The van der Waals surface area contributed by atoms with Crippen molar-refractivity contribution in [3.63, 3.8) is 0 Å². The molecule has 0 bridgehead atoms. The largest absolute Gasteiger partial charge is 0.494 e. The zero-order valence-electron chi connectivity index (χ0n) is 22.2. The molecule has 0 saturated carbocycles. The second-order valence-electron chi connectivity index (χ2n) is 9.77. The van der Waals surface area contributed by atoms with Crippen LogP contribution in [-0.2, 0) is 0 Å². The lowest BCUT2D eigenvalue weighted by Gasteiger charge is -1.95. The van der Waals surface area contributed by atoms with Gasteiger partial charge in [0.25, 0.3) is 0 Å². The summed E-state index contributed by atoms with van der Waals surface area (Å²) in [6.07, 6.45) is 7.04. The normalized spacial score (nSPS) is 11.8. The van der Waals surface area contributed by atoms with Crippen molar-refractivity contribution in [2.75, 3.05) is 0 Å². The molecule has 42 heavy (non-hydrogen) atoms. The van der Waals surface area contributed by atoms with E-state index in [-0.39, 0.29) is 11.8 Å². The van der Waals surface area contributed by atoms with Crippen LogP contribution in [0.25, 0.3) is 43.6 Å². The van der Waals surface area contributed by atoms with Crippen LogP contribution >= 0.6 is 0 Å². The van der Waals surface area contributed by atoms with Gasteiger partial charge >= 0.3 is 0 Å². The fourth-order valence-electron chi connectivity index (χ4n) is 4.97. The number of aromatic nitrogens is 5. The van der Waals surface area contributed by atoms with Crippen molar-refractivity contribution in [3.05, 3.63) is 115 Å². The van der Waals surface area contributed by atoms with Crippen LogP contribution in [0.5, 0.6) is 11.8 Å². The number of para-hydroxylation sites is 2. The van der Waals surface area contributed by atoms with E-state index in [0.717, 1.165) is 55.0 Å². The monoisotopic (exact) mass is 551 g/mol. The van der Waals surface area contributed by atoms with Gasteiger partial charge in [0.05, 0.1) is 34.2 Å². The van der Waals surface area contributed by atoms with Crippen LogP contribution in [0.2, 0.25) is 0 Å². The van der Waals surface area contributed by atoms with E-state index >= 15 is 0 Å². The summed E-state index contributed by atoms with van der Waals surface area (Å²) >= 11 is 0.